The Morgan fingerprint density at radius 2 is 2.21 bits per heavy atom. The number of rotatable bonds is 1. The molecule has 2 bridgehead atoms. The Kier molecular flexibility index (Phi) is 2.36. The molecule has 0 radical (unpaired) electrons. The van der Waals surface area contributed by atoms with Crippen LogP contribution in [-0.2, 0) is 0 Å². The smallest absolute Gasteiger partial charge is 0.317 e. The van der Waals surface area contributed by atoms with Crippen LogP contribution >= 0.6 is 0 Å². The molecule has 5 heteroatoms. The molecule has 3 unspecified atom stereocenters. The number of urea groups is 1. The van der Waals surface area contributed by atoms with Crippen molar-refractivity contribution >= 4 is 6.03 Å². The van der Waals surface area contributed by atoms with Gasteiger partial charge in [0.1, 0.15) is 0 Å². The van der Waals surface area contributed by atoms with Crippen LogP contribution < -0.4 is 5.32 Å². The number of nitrogens with one attached hydrogen (secondary N) is 1. The fraction of sp³-hybridized carbons (Fsp3) is 0.889. The number of amides is 2. The molecule has 1 aliphatic heterocycles. The van der Waals surface area contributed by atoms with Crippen LogP contribution in [0.3, 0.4) is 0 Å². The van der Waals surface area contributed by atoms with Crippen molar-refractivity contribution in [3.05, 3.63) is 0 Å². The van der Waals surface area contributed by atoms with Gasteiger partial charge in [0, 0.05) is 13.1 Å². The minimum atomic E-state index is -1.41. The summed E-state index contributed by atoms with van der Waals surface area (Å²) in [4.78, 5) is 13.1. The minimum Gasteiger partial charge on any atom is -0.366 e. The monoisotopic (exact) mass is 200 g/mol. The molecule has 1 heterocycles. The first-order valence-electron chi connectivity index (χ1n) is 5.01. The van der Waals surface area contributed by atoms with Gasteiger partial charge in [-0.2, -0.15) is 0 Å². The normalized spacial score (nSPS) is 35.4. The molecule has 1 saturated heterocycles. The first-order chi connectivity index (χ1) is 6.65. The Bertz CT molecular complexity index is 244. The van der Waals surface area contributed by atoms with Gasteiger partial charge in [-0.25, -0.2) is 4.79 Å². The molecule has 1 saturated carbocycles. The first-order valence-corrected chi connectivity index (χ1v) is 5.01. The molecule has 0 spiro atoms. The summed E-state index contributed by atoms with van der Waals surface area (Å²) < 4.78 is 0. The molecule has 0 aromatic heterocycles. The number of carbonyl (C=O) groups excluding carboxylic acids is 1. The molecule has 2 fully saturated rings. The lowest BCUT2D eigenvalue weighted by atomic mass is 9.98. The fourth-order valence-electron chi connectivity index (χ4n) is 2.84. The number of hydrogen-bond donors (Lipinski definition) is 3. The van der Waals surface area contributed by atoms with Crippen molar-refractivity contribution in [2.45, 2.75) is 37.6 Å². The summed E-state index contributed by atoms with van der Waals surface area (Å²) >= 11 is 0. The fourth-order valence-corrected chi connectivity index (χ4v) is 2.84. The molecule has 14 heavy (non-hydrogen) atoms. The third-order valence-electron chi connectivity index (χ3n) is 3.40. The van der Waals surface area contributed by atoms with Gasteiger partial charge in [-0.15, -0.1) is 0 Å². The molecule has 2 aliphatic rings. The molecular formula is C9H16N2O3. The lowest BCUT2D eigenvalue weighted by molar-refractivity contribution is -0.102. The van der Waals surface area contributed by atoms with E-state index in [-0.39, 0.29) is 18.0 Å². The number of fused-ring (bicyclic) bond motifs is 2. The highest BCUT2D eigenvalue weighted by molar-refractivity contribution is 5.75. The second kappa shape index (κ2) is 3.40. The van der Waals surface area contributed by atoms with Crippen molar-refractivity contribution in [2.75, 3.05) is 7.05 Å². The van der Waals surface area contributed by atoms with Gasteiger partial charge in [0.25, 0.3) is 0 Å². The van der Waals surface area contributed by atoms with Crippen LogP contribution in [0.2, 0.25) is 0 Å². The van der Waals surface area contributed by atoms with Gasteiger partial charge in [-0.05, 0) is 25.2 Å². The molecule has 3 N–H and O–H groups in total. The second-order valence-electron chi connectivity index (χ2n) is 4.09. The molecule has 80 valence electrons. The van der Waals surface area contributed by atoms with Gasteiger partial charge in [-0.3, -0.25) is 0 Å². The lowest BCUT2D eigenvalue weighted by Gasteiger charge is -2.35. The number of carbonyl (C=O) groups is 1. The average Bonchev–Trinajstić information content (AvgIpc) is 2.74. The van der Waals surface area contributed by atoms with Crippen molar-refractivity contribution < 1.29 is 15.0 Å². The van der Waals surface area contributed by atoms with Gasteiger partial charge >= 0.3 is 6.03 Å². The average molecular weight is 200 g/mol. The Morgan fingerprint density at radius 1 is 1.50 bits per heavy atom. The summed E-state index contributed by atoms with van der Waals surface area (Å²) in [5, 5.41) is 21.0. The molecule has 0 aromatic carbocycles. The predicted octanol–water partition coefficient (Wildman–Crippen LogP) is -0.511. The molecule has 1 aliphatic carbocycles. The Hall–Kier alpha value is -0.810. The zero-order chi connectivity index (χ0) is 10.3. The Labute approximate surface area is 82.7 Å². The maximum Gasteiger partial charge on any atom is 0.317 e. The van der Waals surface area contributed by atoms with Gasteiger partial charge in [0.15, 0.2) is 6.29 Å². The van der Waals surface area contributed by atoms with Crippen LogP contribution in [0.1, 0.15) is 19.3 Å². The highest BCUT2D eigenvalue weighted by Crippen LogP contribution is 2.43. The van der Waals surface area contributed by atoms with Crippen molar-refractivity contribution in [1.82, 2.24) is 10.2 Å². The van der Waals surface area contributed by atoms with Crippen molar-refractivity contribution in [1.29, 1.82) is 0 Å². The summed E-state index contributed by atoms with van der Waals surface area (Å²) in [5.41, 5.74) is 0. The zero-order valence-electron chi connectivity index (χ0n) is 8.18. The zero-order valence-corrected chi connectivity index (χ0v) is 8.18. The van der Waals surface area contributed by atoms with Gasteiger partial charge < -0.3 is 20.4 Å². The predicted molar refractivity (Wildman–Crippen MR) is 49.4 cm³/mol. The van der Waals surface area contributed by atoms with E-state index < -0.39 is 12.3 Å². The van der Waals surface area contributed by atoms with Crippen molar-refractivity contribution in [3.8, 4) is 0 Å². The molecule has 3 atom stereocenters. The summed E-state index contributed by atoms with van der Waals surface area (Å²) in [6.45, 7) is 0. The van der Waals surface area contributed by atoms with E-state index in [1.807, 2.05) is 0 Å². The van der Waals surface area contributed by atoms with Crippen LogP contribution in [0.4, 0.5) is 4.79 Å². The van der Waals surface area contributed by atoms with E-state index in [1.54, 1.807) is 11.9 Å². The summed E-state index contributed by atoms with van der Waals surface area (Å²) in [6, 6.07) is -0.407. The number of nitrogens with zero attached hydrogens (tertiary/aromatic N) is 1. The summed E-state index contributed by atoms with van der Waals surface area (Å²) in [5.74, 6) is 0.261. The van der Waals surface area contributed by atoms with Crippen LogP contribution in [-0.4, -0.2) is 46.6 Å². The second-order valence-corrected chi connectivity index (χ2v) is 4.09. The van der Waals surface area contributed by atoms with E-state index >= 15 is 0 Å². The van der Waals surface area contributed by atoms with Crippen LogP contribution in [0.25, 0.3) is 0 Å². The van der Waals surface area contributed by atoms with E-state index in [1.165, 1.54) is 0 Å². The number of hydrogen-bond acceptors (Lipinski definition) is 3. The molecule has 0 aromatic rings. The molecule has 2 rings (SSSR count). The van der Waals surface area contributed by atoms with Crippen LogP contribution in [0.15, 0.2) is 0 Å². The highest BCUT2D eigenvalue weighted by Gasteiger charge is 2.50. The van der Waals surface area contributed by atoms with E-state index in [2.05, 4.69) is 5.32 Å². The third-order valence-corrected chi connectivity index (χ3v) is 3.40. The first kappa shape index (κ1) is 9.73. The van der Waals surface area contributed by atoms with Gasteiger partial charge in [-0.1, -0.05) is 0 Å². The van der Waals surface area contributed by atoms with Crippen LogP contribution in [0, 0.1) is 5.92 Å². The molecule has 5 nitrogen and oxygen atoms in total. The SMILES string of the molecule is CNC(=O)N1C2CCC(C2)C1C(O)O. The highest BCUT2D eigenvalue weighted by atomic mass is 16.5. The van der Waals surface area contributed by atoms with Gasteiger partial charge in [0.05, 0.1) is 6.04 Å². The van der Waals surface area contributed by atoms with E-state index in [4.69, 9.17) is 0 Å². The topological polar surface area (TPSA) is 72.8 Å². The van der Waals surface area contributed by atoms with Crippen molar-refractivity contribution in [3.63, 3.8) is 0 Å². The Balaban J connectivity index is 2.17. The Morgan fingerprint density at radius 3 is 2.79 bits per heavy atom. The van der Waals surface area contributed by atoms with E-state index in [0.717, 1.165) is 19.3 Å². The number of likely N-dealkylation sites (tertiary alicyclic amines) is 1. The van der Waals surface area contributed by atoms with E-state index in [9.17, 15) is 15.0 Å². The molecule has 2 amide bonds. The maximum absolute atomic E-state index is 11.5. The summed E-state index contributed by atoms with van der Waals surface area (Å²) in [7, 11) is 1.56. The number of aliphatic hydroxyl groups excluding tert-OH is 1. The third kappa shape index (κ3) is 1.27. The lowest BCUT2D eigenvalue weighted by Crippen LogP contribution is -2.53. The minimum absolute atomic E-state index is 0.199. The summed E-state index contributed by atoms with van der Waals surface area (Å²) in [6.07, 6.45) is 1.49. The number of aliphatic hydroxyl groups is 2. The van der Waals surface area contributed by atoms with Crippen LogP contribution in [0.5, 0.6) is 0 Å². The molecular weight excluding hydrogens is 184 g/mol. The van der Waals surface area contributed by atoms with Gasteiger partial charge in [0.2, 0.25) is 0 Å². The van der Waals surface area contributed by atoms with Crippen molar-refractivity contribution in [2.24, 2.45) is 5.92 Å². The largest absolute Gasteiger partial charge is 0.366 e. The number of piperidine rings is 1. The maximum atomic E-state index is 11.5. The standard InChI is InChI=1S/C9H16N2O3/c1-10-9(14)11-6-3-2-5(4-6)7(11)8(12)13/h5-8,12-13H,2-4H2,1H3,(H,10,14). The van der Waals surface area contributed by atoms with E-state index in [0.29, 0.717) is 0 Å². The quantitative estimate of drug-likeness (QED) is 0.499.